The Labute approximate surface area is 205 Å². The first-order valence-corrected chi connectivity index (χ1v) is 12.6. The quantitative estimate of drug-likeness (QED) is 0.609. The standard InChI is InChI=1S/C25H36FN5O4/c1-24(2,15-26)3-4-31-22(30-5-7-34-8-6-30)19(14-28-31)21(32)29-20-17-9-16-10-18(20)13-25(11-16,12-17)35-23(27)33/h3-4,14,16-18,20H,5-13,15H2,1-2H3,(H2,27,33)(H,29,32). The Morgan fingerprint density at radius 1 is 1.29 bits per heavy atom. The van der Waals surface area contributed by atoms with Crippen LogP contribution in [0.25, 0.3) is 6.20 Å². The molecule has 5 fully saturated rings. The lowest BCUT2D eigenvalue weighted by Crippen LogP contribution is -2.63. The Kier molecular flexibility index (Phi) is 6.27. The number of alkyl halides is 1. The van der Waals surface area contributed by atoms with E-state index in [0.717, 1.165) is 32.1 Å². The third-order valence-electron chi connectivity index (χ3n) is 8.17. The van der Waals surface area contributed by atoms with Crippen molar-refractivity contribution in [3.63, 3.8) is 0 Å². The number of nitrogens with two attached hydrogens (primary N) is 1. The van der Waals surface area contributed by atoms with E-state index in [1.807, 2.05) is 13.8 Å². The molecule has 0 aromatic carbocycles. The third kappa shape index (κ3) is 4.77. The minimum absolute atomic E-state index is 0.0329. The van der Waals surface area contributed by atoms with Gasteiger partial charge in [-0.3, -0.25) is 9.18 Å². The van der Waals surface area contributed by atoms with Crippen molar-refractivity contribution in [2.75, 3.05) is 37.9 Å². The van der Waals surface area contributed by atoms with Crippen LogP contribution in [0.15, 0.2) is 12.3 Å². The molecule has 4 saturated carbocycles. The normalized spacial score (nSPS) is 32.3. The zero-order valence-electron chi connectivity index (χ0n) is 20.5. The molecule has 4 aliphatic carbocycles. The van der Waals surface area contributed by atoms with E-state index in [2.05, 4.69) is 15.3 Å². The van der Waals surface area contributed by atoms with Crippen LogP contribution < -0.4 is 16.0 Å². The molecule has 9 nitrogen and oxygen atoms in total. The van der Waals surface area contributed by atoms with Crippen LogP contribution in [-0.2, 0) is 9.47 Å². The fourth-order valence-electron chi connectivity index (χ4n) is 6.79. The first-order chi connectivity index (χ1) is 16.7. The molecule has 10 heteroatoms. The molecule has 192 valence electrons. The van der Waals surface area contributed by atoms with E-state index in [0.29, 0.717) is 43.6 Å². The van der Waals surface area contributed by atoms with Gasteiger partial charge in [0, 0.05) is 30.7 Å². The summed E-state index contributed by atoms with van der Waals surface area (Å²) in [5.74, 6) is 1.58. The van der Waals surface area contributed by atoms with Crippen molar-refractivity contribution >= 4 is 24.0 Å². The SMILES string of the molecule is CC(C)(C=Cn1ncc(C(=O)NC2C3CC4CC2CC(OC(N)=O)(C4)C3)c1N1CCOCC1)CF. The van der Waals surface area contributed by atoms with Crippen molar-refractivity contribution in [1.82, 2.24) is 15.1 Å². The van der Waals surface area contributed by atoms with Crippen molar-refractivity contribution in [2.24, 2.45) is 28.9 Å². The number of nitrogens with one attached hydrogen (secondary N) is 1. The van der Waals surface area contributed by atoms with Gasteiger partial charge in [-0.25, -0.2) is 9.48 Å². The van der Waals surface area contributed by atoms with Gasteiger partial charge in [0.25, 0.3) is 5.91 Å². The number of rotatable bonds is 7. The maximum Gasteiger partial charge on any atom is 0.405 e. The number of halogens is 1. The molecule has 5 aliphatic rings. The molecular formula is C25H36FN5O4. The number of anilines is 1. The first-order valence-electron chi connectivity index (χ1n) is 12.6. The van der Waals surface area contributed by atoms with Gasteiger partial charge in [-0.1, -0.05) is 19.9 Å². The summed E-state index contributed by atoms with van der Waals surface area (Å²) in [5.41, 5.74) is 4.79. The molecule has 4 bridgehead atoms. The molecule has 6 rings (SSSR count). The van der Waals surface area contributed by atoms with Gasteiger partial charge < -0.3 is 25.4 Å². The largest absolute Gasteiger partial charge is 0.443 e. The highest BCUT2D eigenvalue weighted by Crippen LogP contribution is 2.57. The number of amides is 2. The number of carbonyl (C=O) groups excluding carboxylic acids is 2. The van der Waals surface area contributed by atoms with Gasteiger partial charge >= 0.3 is 6.09 Å². The highest BCUT2D eigenvalue weighted by atomic mass is 19.1. The number of ether oxygens (including phenoxy) is 2. The lowest BCUT2D eigenvalue weighted by Gasteiger charge is -2.58. The number of primary amides is 1. The summed E-state index contributed by atoms with van der Waals surface area (Å²) >= 11 is 0. The van der Waals surface area contributed by atoms with E-state index in [1.54, 1.807) is 23.2 Å². The second kappa shape index (κ2) is 9.11. The average Bonchev–Trinajstić information content (AvgIpc) is 3.23. The van der Waals surface area contributed by atoms with Gasteiger partial charge in [0.15, 0.2) is 0 Å². The summed E-state index contributed by atoms with van der Waals surface area (Å²) in [5, 5.41) is 7.79. The number of allylic oxidation sites excluding steroid dienone is 1. The topological polar surface area (TPSA) is 112 Å². The Hall–Kier alpha value is -2.62. The van der Waals surface area contributed by atoms with Gasteiger partial charge in [0.2, 0.25) is 0 Å². The molecule has 35 heavy (non-hydrogen) atoms. The van der Waals surface area contributed by atoms with Crippen molar-refractivity contribution in [2.45, 2.75) is 57.6 Å². The number of hydrogen-bond acceptors (Lipinski definition) is 6. The van der Waals surface area contributed by atoms with Crippen LogP contribution in [0.4, 0.5) is 15.0 Å². The molecule has 1 aromatic heterocycles. The number of aromatic nitrogens is 2. The maximum absolute atomic E-state index is 13.6. The van der Waals surface area contributed by atoms with Gasteiger partial charge in [0.05, 0.1) is 26.1 Å². The van der Waals surface area contributed by atoms with Gasteiger partial charge in [-0.15, -0.1) is 0 Å². The fourth-order valence-corrected chi connectivity index (χ4v) is 6.79. The van der Waals surface area contributed by atoms with Crippen LogP contribution in [0.5, 0.6) is 0 Å². The Morgan fingerprint density at radius 3 is 2.60 bits per heavy atom. The number of morpholine rings is 1. The van der Waals surface area contributed by atoms with Crippen LogP contribution in [0.1, 0.15) is 56.3 Å². The minimum Gasteiger partial charge on any atom is -0.443 e. The zero-order valence-corrected chi connectivity index (χ0v) is 20.5. The molecule has 3 N–H and O–H groups in total. The van der Waals surface area contributed by atoms with E-state index in [-0.39, 0.29) is 23.8 Å². The van der Waals surface area contributed by atoms with E-state index in [1.165, 1.54) is 0 Å². The Bertz CT molecular complexity index is 986. The molecule has 1 aromatic rings. The third-order valence-corrected chi connectivity index (χ3v) is 8.17. The predicted molar refractivity (Wildman–Crippen MR) is 129 cm³/mol. The fraction of sp³-hybridized carbons (Fsp3) is 0.720. The van der Waals surface area contributed by atoms with Gasteiger partial charge in [0.1, 0.15) is 17.0 Å². The van der Waals surface area contributed by atoms with E-state index < -0.39 is 23.8 Å². The molecular weight excluding hydrogens is 453 g/mol. The summed E-state index contributed by atoms with van der Waals surface area (Å²) in [6, 6.07) is 0.0329. The molecule has 2 unspecified atom stereocenters. The van der Waals surface area contributed by atoms with E-state index >= 15 is 0 Å². The monoisotopic (exact) mass is 489 g/mol. The van der Waals surface area contributed by atoms with Crippen molar-refractivity contribution in [1.29, 1.82) is 0 Å². The molecule has 2 heterocycles. The lowest BCUT2D eigenvalue weighted by molar-refractivity contribution is -0.137. The van der Waals surface area contributed by atoms with E-state index in [9.17, 15) is 14.0 Å². The molecule has 0 radical (unpaired) electrons. The average molecular weight is 490 g/mol. The highest BCUT2D eigenvalue weighted by molar-refractivity contribution is 5.99. The first kappa shape index (κ1) is 24.1. The van der Waals surface area contributed by atoms with Crippen molar-refractivity contribution in [3.05, 3.63) is 17.8 Å². The highest BCUT2D eigenvalue weighted by Gasteiger charge is 2.57. The Morgan fingerprint density at radius 2 is 1.97 bits per heavy atom. The number of nitrogens with zero attached hydrogens (tertiary/aromatic N) is 3. The van der Waals surface area contributed by atoms with Crippen LogP contribution >= 0.6 is 0 Å². The van der Waals surface area contributed by atoms with Crippen molar-refractivity contribution < 1.29 is 23.5 Å². The molecule has 2 amide bonds. The van der Waals surface area contributed by atoms with Gasteiger partial charge in [-0.05, 0) is 49.9 Å². The molecule has 1 saturated heterocycles. The second-order valence-electron chi connectivity index (χ2n) is 11.4. The van der Waals surface area contributed by atoms with Crippen LogP contribution in [0, 0.1) is 23.2 Å². The lowest BCUT2D eigenvalue weighted by atomic mass is 9.52. The second-order valence-corrected chi connectivity index (χ2v) is 11.4. The summed E-state index contributed by atoms with van der Waals surface area (Å²) in [6.45, 7) is 5.58. The summed E-state index contributed by atoms with van der Waals surface area (Å²) in [6.07, 6.45) is 8.83. The maximum atomic E-state index is 13.6. The summed E-state index contributed by atoms with van der Waals surface area (Å²) < 4.78 is 26.1. The number of carbonyl (C=O) groups is 2. The molecule has 0 spiro atoms. The Balaban J connectivity index is 1.37. The van der Waals surface area contributed by atoms with Crippen LogP contribution in [0.2, 0.25) is 0 Å². The van der Waals surface area contributed by atoms with Crippen LogP contribution in [-0.4, -0.2) is 66.4 Å². The number of hydrogen-bond donors (Lipinski definition) is 2. The van der Waals surface area contributed by atoms with Gasteiger partial charge in [-0.2, -0.15) is 5.10 Å². The van der Waals surface area contributed by atoms with Crippen LogP contribution in [0.3, 0.4) is 0 Å². The molecule has 1 aliphatic heterocycles. The predicted octanol–water partition coefficient (Wildman–Crippen LogP) is 2.96. The minimum atomic E-state index is -0.709. The van der Waals surface area contributed by atoms with E-state index in [4.69, 9.17) is 15.2 Å². The summed E-state index contributed by atoms with van der Waals surface area (Å²) in [7, 11) is 0. The zero-order chi connectivity index (χ0) is 24.8. The smallest absolute Gasteiger partial charge is 0.405 e. The molecule has 2 atom stereocenters. The van der Waals surface area contributed by atoms with Crippen molar-refractivity contribution in [3.8, 4) is 0 Å². The summed E-state index contributed by atoms with van der Waals surface area (Å²) in [4.78, 5) is 27.3.